The van der Waals surface area contributed by atoms with Crippen LogP contribution in [0.1, 0.15) is 33.2 Å². The Morgan fingerprint density at radius 1 is 1.16 bits per heavy atom. The van der Waals surface area contributed by atoms with Crippen molar-refractivity contribution in [2.45, 2.75) is 31.0 Å². The molecule has 25 heavy (non-hydrogen) atoms. The monoisotopic (exact) mass is 353 g/mol. The Hall–Kier alpha value is -2.60. The van der Waals surface area contributed by atoms with Crippen molar-refractivity contribution < 1.29 is 9.32 Å². The molecular weight excluding hydrogens is 334 g/mol. The van der Waals surface area contributed by atoms with E-state index in [0.717, 1.165) is 10.5 Å². The van der Waals surface area contributed by atoms with Crippen molar-refractivity contribution in [2.75, 3.05) is 0 Å². The molecular formula is C19H19N3O2S. The van der Waals surface area contributed by atoms with Gasteiger partial charge in [-0.25, -0.2) is 0 Å². The zero-order valence-electron chi connectivity index (χ0n) is 14.2. The number of nitrogens with zero attached hydrogens (tertiary/aromatic N) is 2. The van der Waals surface area contributed by atoms with Gasteiger partial charge in [-0.2, -0.15) is 4.98 Å². The van der Waals surface area contributed by atoms with Crippen LogP contribution in [0.4, 0.5) is 0 Å². The zero-order valence-corrected chi connectivity index (χ0v) is 15.0. The molecule has 3 aromatic rings. The average Bonchev–Trinajstić information content (AvgIpc) is 3.03. The quantitative estimate of drug-likeness (QED) is 0.681. The number of aromatic nitrogens is 2. The lowest BCUT2D eigenvalue weighted by Crippen LogP contribution is -2.23. The summed E-state index contributed by atoms with van der Waals surface area (Å²) in [5.74, 6) is 1.60. The highest BCUT2D eigenvalue weighted by atomic mass is 32.2. The fourth-order valence-electron chi connectivity index (χ4n) is 2.42. The molecule has 6 heteroatoms. The summed E-state index contributed by atoms with van der Waals surface area (Å²) >= 11 is 1.51. The van der Waals surface area contributed by atoms with Crippen molar-refractivity contribution in [1.29, 1.82) is 0 Å². The van der Waals surface area contributed by atoms with Crippen LogP contribution < -0.4 is 5.32 Å². The molecule has 0 aliphatic heterocycles. The van der Waals surface area contributed by atoms with Crippen LogP contribution >= 0.6 is 11.8 Å². The van der Waals surface area contributed by atoms with Gasteiger partial charge in [0, 0.05) is 11.4 Å². The SMILES string of the molecule is Cc1cccc(CNC(=O)c2ccccc2SCc2nc(C)no2)c1. The minimum atomic E-state index is -0.0914. The van der Waals surface area contributed by atoms with E-state index in [-0.39, 0.29) is 5.91 Å². The number of amides is 1. The Kier molecular flexibility index (Phi) is 5.50. The predicted octanol–water partition coefficient (Wildman–Crippen LogP) is 3.91. The van der Waals surface area contributed by atoms with Gasteiger partial charge in [0.05, 0.1) is 11.3 Å². The second-order valence-electron chi connectivity index (χ2n) is 5.69. The van der Waals surface area contributed by atoms with Crippen LogP contribution in [0, 0.1) is 13.8 Å². The molecule has 0 saturated carbocycles. The molecule has 0 radical (unpaired) electrons. The van der Waals surface area contributed by atoms with Gasteiger partial charge in [0.2, 0.25) is 5.89 Å². The number of nitrogens with one attached hydrogen (secondary N) is 1. The average molecular weight is 353 g/mol. The lowest BCUT2D eigenvalue weighted by molar-refractivity contribution is 0.0948. The van der Waals surface area contributed by atoms with Crippen LogP contribution in [-0.4, -0.2) is 16.0 Å². The number of aryl methyl sites for hydroxylation is 2. The maximum absolute atomic E-state index is 12.6. The molecule has 0 saturated heterocycles. The van der Waals surface area contributed by atoms with E-state index in [0.29, 0.717) is 29.6 Å². The van der Waals surface area contributed by atoms with Crippen molar-refractivity contribution in [2.24, 2.45) is 0 Å². The second-order valence-corrected chi connectivity index (χ2v) is 6.71. The number of thioether (sulfide) groups is 1. The van der Waals surface area contributed by atoms with Crippen LogP contribution in [0.3, 0.4) is 0 Å². The van der Waals surface area contributed by atoms with Gasteiger partial charge in [0.15, 0.2) is 5.82 Å². The Bertz CT molecular complexity index is 876. The van der Waals surface area contributed by atoms with Gasteiger partial charge in [-0.05, 0) is 31.5 Å². The highest BCUT2D eigenvalue weighted by Crippen LogP contribution is 2.25. The van der Waals surface area contributed by atoms with E-state index in [1.54, 1.807) is 6.92 Å². The van der Waals surface area contributed by atoms with E-state index < -0.39 is 0 Å². The Balaban J connectivity index is 1.65. The third-order valence-corrected chi connectivity index (χ3v) is 4.65. The summed E-state index contributed by atoms with van der Waals surface area (Å²) in [5, 5.41) is 6.76. The number of hydrogen-bond donors (Lipinski definition) is 1. The van der Waals surface area contributed by atoms with Gasteiger partial charge in [-0.15, -0.1) is 11.8 Å². The maximum Gasteiger partial charge on any atom is 0.252 e. The van der Waals surface area contributed by atoms with Crippen molar-refractivity contribution in [1.82, 2.24) is 15.5 Å². The Morgan fingerprint density at radius 2 is 2.00 bits per heavy atom. The minimum absolute atomic E-state index is 0.0914. The van der Waals surface area contributed by atoms with Gasteiger partial charge in [0.1, 0.15) is 0 Å². The van der Waals surface area contributed by atoms with Crippen LogP contribution in [0.15, 0.2) is 57.9 Å². The first kappa shape index (κ1) is 17.2. The fourth-order valence-corrected chi connectivity index (χ4v) is 3.31. The standard InChI is InChI=1S/C19H19N3O2S/c1-13-6-5-7-15(10-13)11-20-19(23)16-8-3-4-9-17(16)25-12-18-21-14(2)22-24-18/h3-10H,11-12H2,1-2H3,(H,20,23). The lowest BCUT2D eigenvalue weighted by Gasteiger charge is -2.09. The van der Waals surface area contributed by atoms with Crippen molar-refractivity contribution >= 4 is 17.7 Å². The molecule has 2 aromatic carbocycles. The van der Waals surface area contributed by atoms with Crippen LogP contribution in [0.5, 0.6) is 0 Å². The number of carbonyl (C=O) groups is 1. The largest absolute Gasteiger partial charge is 0.348 e. The molecule has 0 aliphatic carbocycles. The molecule has 0 aliphatic rings. The Morgan fingerprint density at radius 3 is 2.76 bits per heavy atom. The van der Waals surface area contributed by atoms with Gasteiger partial charge in [-0.1, -0.05) is 47.1 Å². The molecule has 128 valence electrons. The summed E-state index contributed by atoms with van der Waals surface area (Å²) in [7, 11) is 0. The highest BCUT2D eigenvalue weighted by Gasteiger charge is 2.12. The second kappa shape index (κ2) is 7.98. The van der Waals surface area contributed by atoms with E-state index in [9.17, 15) is 4.79 Å². The van der Waals surface area contributed by atoms with Crippen LogP contribution in [0.25, 0.3) is 0 Å². The molecule has 1 heterocycles. The highest BCUT2D eigenvalue weighted by molar-refractivity contribution is 7.98. The summed E-state index contributed by atoms with van der Waals surface area (Å²) in [4.78, 5) is 17.6. The summed E-state index contributed by atoms with van der Waals surface area (Å²) in [5.41, 5.74) is 2.91. The first-order valence-electron chi connectivity index (χ1n) is 7.96. The molecule has 1 aromatic heterocycles. The van der Waals surface area contributed by atoms with Gasteiger partial charge in [-0.3, -0.25) is 4.79 Å². The third kappa shape index (κ3) is 4.70. The molecule has 1 amide bonds. The zero-order chi connectivity index (χ0) is 17.6. The first-order chi connectivity index (χ1) is 12.1. The number of benzene rings is 2. The fraction of sp³-hybridized carbons (Fsp3) is 0.211. The number of hydrogen-bond acceptors (Lipinski definition) is 5. The third-order valence-electron chi connectivity index (χ3n) is 3.59. The van der Waals surface area contributed by atoms with E-state index in [2.05, 4.69) is 21.5 Å². The molecule has 1 N–H and O–H groups in total. The topological polar surface area (TPSA) is 68.0 Å². The van der Waals surface area contributed by atoms with E-state index >= 15 is 0 Å². The molecule has 0 unspecified atom stereocenters. The molecule has 0 spiro atoms. The smallest absolute Gasteiger partial charge is 0.252 e. The van der Waals surface area contributed by atoms with Crippen molar-refractivity contribution in [3.8, 4) is 0 Å². The van der Waals surface area contributed by atoms with E-state index in [1.807, 2.05) is 49.4 Å². The first-order valence-corrected chi connectivity index (χ1v) is 8.95. The predicted molar refractivity (Wildman–Crippen MR) is 97.4 cm³/mol. The number of carbonyl (C=O) groups excluding carboxylic acids is 1. The summed E-state index contributed by atoms with van der Waals surface area (Å²) < 4.78 is 5.12. The minimum Gasteiger partial charge on any atom is -0.348 e. The lowest BCUT2D eigenvalue weighted by atomic mass is 10.1. The van der Waals surface area contributed by atoms with Crippen LogP contribution in [0.2, 0.25) is 0 Å². The number of rotatable bonds is 6. The van der Waals surface area contributed by atoms with E-state index in [4.69, 9.17) is 4.52 Å². The molecule has 5 nitrogen and oxygen atoms in total. The van der Waals surface area contributed by atoms with Crippen molar-refractivity contribution in [3.63, 3.8) is 0 Å². The summed E-state index contributed by atoms with van der Waals surface area (Å²) in [6, 6.07) is 15.6. The van der Waals surface area contributed by atoms with Gasteiger partial charge >= 0.3 is 0 Å². The molecule has 0 bridgehead atoms. The molecule has 0 fully saturated rings. The summed E-state index contributed by atoms with van der Waals surface area (Å²) in [6.07, 6.45) is 0. The molecule has 0 atom stereocenters. The molecule has 3 rings (SSSR count). The van der Waals surface area contributed by atoms with Gasteiger partial charge < -0.3 is 9.84 Å². The normalized spacial score (nSPS) is 10.6. The van der Waals surface area contributed by atoms with Gasteiger partial charge in [0.25, 0.3) is 5.91 Å². The maximum atomic E-state index is 12.6. The van der Waals surface area contributed by atoms with Crippen LogP contribution in [-0.2, 0) is 12.3 Å². The van der Waals surface area contributed by atoms with Crippen molar-refractivity contribution in [3.05, 3.63) is 76.9 Å². The summed E-state index contributed by atoms with van der Waals surface area (Å²) in [6.45, 7) is 4.32. The Labute approximate surface area is 150 Å². The van der Waals surface area contributed by atoms with E-state index in [1.165, 1.54) is 17.3 Å².